The van der Waals surface area contributed by atoms with E-state index in [0.717, 1.165) is 51.3 Å². The molecule has 0 spiro atoms. The number of benzene rings is 1. The van der Waals surface area contributed by atoms with Gasteiger partial charge in [-0.1, -0.05) is 12.1 Å². The van der Waals surface area contributed by atoms with Crippen molar-refractivity contribution in [3.8, 4) is 5.75 Å². The maximum absolute atomic E-state index is 12.8. The summed E-state index contributed by atoms with van der Waals surface area (Å²) < 4.78 is 5.19. The number of ether oxygens (including phenoxy) is 1. The van der Waals surface area contributed by atoms with Crippen molar-refractivity contribution in [2.45, 2.75) is 32.4 Å². The fourth-order valence-electron chi connectivity index (χ4n) is 3.73. The number of piperazine rings is 1. The lowest BCUT2D eigenvalue weighted by Gasteiger charge is -2.37. The predicted octanol–water partition coefficient (Wildman–Crippen LogP) is 1.35. The number of carbonyl (C=O) groups is 2. The first-order valence-electron chi connectivity index (χ1n) is 9.00. The Morgan fingerprint density at radius 3 is 2.36 bits per heavy atom. The van der Waals surface area contributed by atoms with Gasteiger partial charge in [-0.3, -0.25) is 14.5 Å². The number of hydrogen-bond acceptors (Lipinski definition) is 4. The van der Waals surface area contributed by atoms with Crippen LogP contribution in [0.25, 0.3) is 0 Å². The minimum atomic E-state index is -0.245. The summed E-state index contributed by atoms with van der Waals surface area (Å²) in [5.41, 5.74) is 1.25. The van der Waals surface area contributed by atoms with E-state index in [9.17, 15) is 9.59 Å². The highest BCUT2D eigenvalue weighted by Gasteiger charge is 2.35. The van der Waals surface area contributed by atoms with Crippen LogP contribution in [0.2, 0.25) is 0 Å². The Balaban J connectivity index is 1.51. The Hall–Kier alpha value is -2.08. The number of rotatable bonds is 4. The molecule has 2 aliphatic rings. The van der Waals surface area contributed by atoms with Crippen molar-refractivity contribution >= 4 is 11.8 Å². The van der Waals surface area contributed by atoms with Crippen LogP contribution in [-0.4, -0.2) is 72.4 Å². The maximum Gasteiger partial charge on any atom is 0.245 e. The molecule has 1 aromatic rings. The molecule has 2 heterocycles. The van der Waals surface area contributed by atoms with E-state index in [1.807, 2.05) is 17.0 Å². The van der Waals surface area contributed by atoms with Crippen molar-refractivity contribution in [3.63, 3.8) is 0 Å². The molecule has 136 valence electrons. The SMILES string of the molecule is COc1ccc(CN2CCN(C(=O)[C@H]3CCCN3C(C)=O)CC2)cc1. The van der Waals surface area contributed by atoms with E-state index < -0.39 is 0 Å². The quantitative estimate of drug-likeness (QED) is 0.827. The third-order valence-electron chi connectivity index (χ3n) is 5.19. The number of carbonyl (C=O) groups excluding carboxylic acids is 2. The van der Waals surface area contributed by atoms with Crippen molar-refractivity contribution in [1.82, 2.24) is 14.7 Å². The lowest BCUT2D eigenvalue weighted by molar-refractivity contribution is -0.144. The Morgan fingerprint density at radius 1 is 1.08 bits per heavy atom. The van der Waals surface area contributed by atoms with E-state index in [0.29, 0.717) is 6.54 Å². The predicted molar refractivity (Wildman–Crippen MR) is 95.3 cm³/mol. The molecule has 0 bridgehead atoms. The summed E-state index contributed by atoms with van der Waals surface area (Å²) in [5, 5.41) is 0. The third-order valence-corrected chi connectivity index (χ3v) is 5.19. The Kier molecular flexibility index (Phi) is 5.58. The fraction of sp³-hybridized carbons (Fsp3) is 0.579. The zero-order valence-corrected chi connectivity index (χ0v) is 15.1. The number of methoxy groups -OCH3 is 1. The second-order valence-corrected chi connectivity index (χ2v) is 6.82. The topological polar surface area (TPSA) is 53.1 Å². The lowest BCUT2D eigenvalue weighted by Crippen LogP contribution is -2.54. The van der Waals surface area contributed by atoms with E-state index in [4.69, 9.17) is 4.74 Å². The molecule has 0 unspecified atom stereocenters. The van der Waals surface area contributed by atoms with Gasteiger partial charge in [0.2, 0.25) is 11.8 Å². The summed E-state index contributed by atoms with van der Waals surface area (Å²) in [5.74, 6) is 0.997. The van der Waals surface area contributed by atoms with Gasteiger partial charge in [-0.2, -0.15) is 0 Å². The second-order valence-electron chi connectivity index (χ2n) is 6.82. The third kappa shape index (κ3) is 4.12. The molecule has 0 N–H and O–H groups in total. The molecule has 1 aromatic carbocycles. The lowest BCUT2D eigenvalue weighted by atomic mass is 10.1. The van der Waals surface area contributed by atoms with Gasteiger partial charge >= 0.3 is 0 Å². The van der Waals surface area contributed by atoms with Gasteiger partial charge in [0.25, 0.3) is 0 Å². The Bertz CT molecular complexity index is 609. The monoisotopic (exact) mass is 345 g/mol. The first-order chi connectivity index (χ1) is 12.1. The van der Waals surface area contributed by atoms with Gasteiger partial charge in [0.15, 0.2) is 0 Å². The molecule has 6 heteroatoms. The highest BCUT2D eigenvalue weighted by molar-refractivity contribution is 5.87. The highest BCUT2D eigenvalue weighted by Crippen LogP contribution is 2.21. The summed E-state index contributed by atoms with van der Waals surface area (Å²) in [6.45, 7) is 6.35. The van der Waals surface area contributed by atoms with Gasteiger partial charge in [-0.25, -0.2) is 0 Å². The van der Waals surface area contributed by atoms with Crippen LogP contribution in [0.3, 0.4) is 0 Å². The molecule has 2 fully saturated rings. The average molecular weight is 345 g/mol. The van der Waals surface area contributed by atoms with Gasteiger partial charge in [0.05, 0.1) is 7.11 Å². The number of likely N-dealkylation sites (tertiary alicyclic amines) is 1. The summed E-state index contributed by atoms with van der Waals surface area (Å²) in [7, 11) is 1.67. The Morgan fingerprint density at radius 2 is 1.76 bits per heavy atom. The van der Waals surface area contributed by atoms with Crippen LogP contribution in [0, 0.1) is 0 Å². The van der Waals surface area contributed by atoms with Crippen LogP contribution in [0.1, 0.15) is 25.3 Å². The van der Waals surface area contributed by atoms with Crippen LogP contribution < -0.4 is 4.74 Å². The van der Waals surface area contributed by atoms with E-state index >= 15 is 0 Å². The van der Waals surface area contributed by atoms with Crippen molar-refractivity contribution < 1.29 is 14.3 Å². The van der Waals surface area contributed by atoms with Crippen LogP contribution in [-0.2, 0) is 16.1 Å². The molecule has 6 nitrogen and oxygen atoms in total. The number of amides is 2. The van der Waals surface area contributed by atoms with Crippen molar-refractivity contribution in [2.75, 3.05) is 39.8 Å². The molecule has 3 rings (SSSR count). The minimum absolute atomic E-state index is 0.00833. The van der Waals surface area contributed by atoms with Crippen molar-refractivity contribution in [2.24, 2.45) is 0 Å². The van der Waals surface area contributed by atoms with Crippen LogP contribution in [0.5, 0.6) is 5.75 Å². The highest BCUT2D eigenvalue weighted by atomic mass is 16.5. The number of hydrogen-bond donors (Lipinski definition) is 0. The second kappa shape index (κ2) is 7.87. The van der Waals surface area contributed by atoms with E-state index in [2.05, 4.69) is 17.0 Å². The largest absolute Gasteiger partial charge is 0.497 e. The van der Waals surface area contributed by atoms with E-state index in [1.54, 1.807) is 18.9 Å². The first-order valence-corrected chi connectivity index (χ1v) is 9.00. The standard InChI is InChI=1S/C19H27N3O3/c1-15(23)22-9-3-4-18(22)19(24)21-12-10-20(11-13-21)14-16-5-7-17(25-2)8-6-16/h5-8,18H,3-4,9-14H2,1-2H3/t18-/m1/s1. The molecule has 2 aliphatic heterocycles. The molecule has 1 atom stereocenters. The van der Waals surface area contributed by atoms with Gasteiger partial charge < -0.3 is 14.5 Å². The van der Waals surface area contributed by atoms with Crippen molar-refractivity contribution in [1.29, 1.82) is 0 Å². The molecule has 0 saturated carbocycles. The van der Waals surface area contributed by atoms with Crippen LogP contribution in [0.15, 0.2) is 24.3 Å². The van der Waals surface area contributed by atoms with E-state index in [1.165, 1.54) is 5.56 Å². The molecular weight excluding hydrogens is 318 g/mol. The summed E-state index contributed by atoms with van der Waals surface area (Å²) in [6.07, 6.45) is 1.72. The van der Waals surface area contributed by atoms with E-state index in [-0.39, 0.29) is 17.9 Å². The number of nitrogens with zero attached hydrogens (tertiary/aromatic N) is 3. The van der Waals surface area contributed by atoms with Gasteiger partial charge in [-0.15, -0.1) is 0 Å². The summed E-state index contributed by atoms with van der Waals surface area (Å²) >= 11 is 0. The van der Waals surface area contributed by atoms with Crippen LogP contribution >= 0.6 is 0 Å². The molecule has 0 aromatic heterocycles. The Labute approximate surface area is 149 Å². The normalized spacial score (nSPS) is 21.4. The summed E-state index contributed by atoms with van der Waals surface area (Å²) in [6, 6.07) is 7.88. The molecule has 2 saturated heterocycles. The summed E-state index contributed by atoms with van der Waals surface area (Å²) in [4.78, 5) is 30.5. The fourth-order valence-corrected chi connectivity index (χ4v) is 3.73. The first kappa shape index (κ1) is 17.7. The minimum Gasteiger partial charge on any atom is -0.497 e. The molecule has 25 heavy (non-hydrogen) atoms. The van der Waals surface area contributed by atoms with Crippen LogP contribution in [0.4, 0.5) is 0 Å². The molecular formula is C19H27N3O3. The zero-order chi connectivity index (χ0) is 17.8. The maximum atomic E-state index is 12.8. The van der Waals surface area contributed by atoms with Gasteiger partial charge in [0, 0.05) is 46.2 Å². The van der Waals surface area contributed by atoms with Gasteiger partial charge in [0.1, 0.15) is 11.8 Å². The molecule has 0 aliphatic carbocycles. The average Bonchev–Trinajstić information content (AvgIpc) is 3.12. The van der Waals surface area contributed by atoms with Gasteiger partial charge in [-0.05, 0) is 30.5 Å². The van der Waals surface area contributed by atoms with Crippen molar-refractivity contribution in [3.05, 3.63) is 29.8 Å². The molecule has 0 radical (unpaired) electrons. The zero-order valence-electron chi connectivity index (χ0n) is 15.1. The smallest absolute Gasteiger partial charge is 0.245 e. The molecule has 2 amide bonds.